The van der Waals surface area contributed by atoms with Crippen molar-refractivity contribution >= 4 is 21.5 Å². The van der Waals surface area contributed by atoms with Crippen LogP contribution in [0.1, 0.15) is 24.0 Å². The van der Waals surface area contributed by atoms with Crippen LogP contribution in [0.3, 0.4) is 0 Å². The van der Waals surface area contributed by atoms with E-state index in [1.807, 2.05) is 17.7 Å². The Balaban J connectivity index is 1.90. The molecule has 2 heterocycles. The molecule has 1 aliphatic heterocycles. The van der Waals surface area contributed by atoms with Gasteiger partial charge in [0.1, 0.15) is 0 Å². The molecule has 5 nitrogen and oxygen atoms in total. The van der Waals surface area contributed by atoms with Crippen molar-refractivity contribution in [3.63, 3.8) is 0 Å². The Labute approximate surface area is 118 Å². The summed E-state index contributed by atoms with van der Waals surface area (Å²) in [6, 6.07) is 0. The fourth-order valence-corrected chi connectivity index (χ4v) is 4.23. The van der Waals surface area contributed by atoms with Crippen molar-refractivity contribution in [2.75, 3.05) is 19.7 Å². The molecule has 0 radical (unpaired) electrons. The molecule has 0 aliphatic carbocycles. The number of hydrogen-bond donors (Lipinski definition) is 2. The molecule has 2 rings (SSSR count). The summed E-state index contributed by atoms with van der Waals surface area (Å²) in [4.78, 5) is 0. The molecule has 2 N–H and O–H groups in total. The highest BCUT2D eigenvalue weighted by Crippen LogP contribution is 2.19. The number of aryl methyl sites for hydroxylation is 1. The third-order valence-corrected chi connectivity index (χ3v) is 6.04. The molecule has 19 heavy (non-hydrogen) atoms. The average Bonchev–Trinajstić information content (AvgIpc) is 2.82. The second-order valence-corrected chi connectivity index (χ2v) is 7.43. The maximum Gasteiger partial charge on any atom is 0.279 e. The van der Waals surface area contributed by atoms with E-state index in [1.165, 1.54) is 4.31 Å². The highest BCUT2D eigenvalue weighted by molar-refractivity contribution is 7.87. The first-order valence-electron chi connectivity index (χ1n) is 6.40. The molecule has 1 fully saturated rings. The van der Waals surface area contributed by atoms with Crippen LogP contribution in [0.5, 0.6) is 0 Å². The summed E-state index contributed by atoms with van der Waals surface area (Å²) < 4.78 is 28.4. The third kappa shape index (κ3) is 3.76. The lowest BCUT2D eigenvalue weighted by atomic mass is 10.00. The lowest BCUT2D eigenvalue weighted by Gasteiger charge is -2.30. The molecule has 0 unspecified atom stereocenters. The highest BCUT2D eigenvalue weighted by Gasteiger charge is 2.27. The normalized spacial score (nSPS) is 18.8. The van der Waals surface area contributed by atoms with Gasteiger partial charge in [-0.3, -0.25) is 0 Å². The van der Waals surface area contributed by atoms with Crippen LogP contribution in [0.25, 0.3) is 0 Å². The van der Waals surface area contributed by atoms with Crippen molar-refractivity contribution in [3.05, 3.63) is 21.9 Å². The predicted octanol–water partition coefficient (Wildman–Crippen LogP) is 1.10. The Bertz CT molecular complexity index is 505. The number of aliphatic hydroxyl groups excluding tert-OH is 1. The van der Waals surface area contributed by atoms with Gasteiger partial charge in [0.15, 0.2) is 0 Å². The molecule has 1 saturated heterocycles. The number of nitrogens with zero attached hydrogens (tertiary/aromatic N) is 1. The number of thiophene rings is 1. The van der Waals surface area contributed by atoms with E-state index in [1.54, 1.807) is 11.3 Å². The minimum atomic E-state index is -3.40. The number of aliphatic hydroxyl groups is 1. The van der Waals surface area contributed by atoms with Crippen molar-refractivity contribution < 1.29 is 13.5 Å². The summed E-state index contributed by atoms with van der Waals surface area (Å²) in [6.45, 7) is 3.45. The number of piperidine rings is 1. The van der Waals surface area contributed by atoms with Crippen molar-refractivity contribution in [1.29, 1.82) is 0 Å². The van der Waals surface area contributed by atoms with E-state index in [4.69, 9.17) is 5.11 Å². The smallest absolute Gasteiger partial charge is 0.279 e. The Hall–Kier alpha value is -0.470. The average molecular weight is 304 g/mol. The zero-order valence-electron chi connectivity index (χ0n) is 11.0. The van der Waals surface area contributed by atoms with Crippen molar-refractivity contribution in [2.24, 2.45) is 5.92 Å². The summed E-state index contributed by atoms with van der Waals surface area (Å²) in [6.07, 6.45) is 1.46. The van der Waals surface area contributed by atoms with Crippen LogP contribution in [0.4, 0.5) is 0 Å². The van der Waals surface area contributed by atoms with Gasteiger partial charge in [-0.2, -0.15) is 28.8 Å². The van der Waals surface area contributed by atoms with Gasteiger partial charge >= 0.3 is 0 Å². The monoisotopic (exact) mass is 304 g/mol. The zero-order valence-corrected chi connectivity index (χ0v) is 12.6. The van der Waals surface area contributed by atoms with Crippen molar-refractivity contribution in [3.8, 4) is 0 Å². The van der Waals surface area contributed by atoms with E-state index in [0.717, 1.165) is 24.0 Å². The van der Waals surface area contributed by atoms with Crippen LogP contribution in [0, 0.1) is 12.8 Å². The Morgan fingerprint density at radius 1 is 1.42 bits per heavy atom. The molecule has 1 aromatic heterocycles. The summed E-state index contributed by atoms with van der Waals surface area (Å²) in [5.74, 6) is 0.241. The standard InChI is InChI=1S/C12H20N2O3S2/c1-10-8-18-9-12(10)6-13-19(16,17)14-4-2-11(7-15)3-5-14/h8-9,11,13,15H,2-7H2,1H3. The topological polar surface area (TPSA) is 69.6 Å². The first-order valence-corrected chi connectivity index (χ1v) is 8.78. The van der Waals surface area contributed by atoms with Crippen LogP contribution >= 0.6 is 11.3 Å². The van der Waals surface area contributed by atoms with E-state index in [0.29, 0.717) is 19.6 Å². The quantitative estimate of drug-likeness (QED) is 0.856. The Kier molecular flexibility index (Phi) is 4.97. The maximum atomic E-state index is 12.1. The van der Waals surface area contributed by atoms with E-state index in [9.17, 15) is 8.42 Å². The van der Waals surface area contributed by atoms with Crippen LogP contribution in [-0.2, 0) is 16.8 Å². The summed E-state index contributed by atoms with van der Waals surface area (Å²) in [5, 5.41) is 13.0. The minimum absolute atomic E-state index is 0.148. The predicted molar refractivity (Wildman–Crippen MR) is 76.2 cm³/mol. The molecule has 0 bridgehead atoms. The van der Waals surface area contributed by atoms with Gasteiger partial charge in [0.05, 0.1) is 0 Å². The van der Waals surface area contributed by atoms with Gasteiger partial charge in [0.2, 0.25) is 0 Å². The molecule has 0 atom stereocenters. The SMILES string of the molecule is Cc1cscc1CNS(=O)(=O)N1CCC(CO)CC1. The number of rotatable bonds is 5. The first kappa shape index (κ1) is 14.9. The molecule has 1 aromatic rings. The summed E-state index contributed by atoms with van der Waals surface area (Å²) in [7, 11) is -3.40. The lowest BCUT2D eigenvalue weighted by Crippen LogP contribution is -2.45. The molecular weight excluding hydrogens is 284 g/mol. The molecule has 7 heteroatoms. The zero-order chi connectivity index (χ0) is 13.9. The second kappa shape index (κ2) is 6.32. The van der Waals surface area contributed by atoms with Crippen LogP contribution in [0.2, 0.25) is 0 Å². The second-order valence-electron chi connectivity index (χ2n) is 4.93. The Morgan fingerprint density at radius 2 is 2.11 bits per heavy atom. The molecule has 0 saturated carbocycles. The van der Waals surface area contributed by atoms with Gasteiger partial charge in [0, 0.05) is 26.2 Å². The van der Waals surface area contributed by atoms with E-state index >= 15 is 0 Å². The van der Waals surface area contributed by atoms with Crippen LogP contribution in [-0.4, -0.2) is 37.5 Å². The van der Waals surface area contributed by atoms with Gasteiger partial charge in [-0.05, 0) is 47.6 Å². The fourth-order valence-electron chi connectivity index (χ4n) is 2.16. The van der Waals surface area contributed by atoms with Crippen LogP contribution in [0.15, 0.2) is 10.8 Å². The van der Waals surface area contributed by atoms with Gasteiger partial charge in [-0.1, -0.05) is 0 Å². The Morgan fingerprint density at radius 3 is 2.63 bits per heavy atom. The molecular formula is C12H20N2O3S2. The van der Waals surface area contributed by atoms with Crippen LogP contribution < -0.4 is 4.72 Å². The van der Waals surface area contributed by atoms with Gasteiger partial charge < -0.3 is 5.11 Å². The van der Waals surface area contributed by atoms with Crippen molar-refractivity contribution in [1.82, 2.24) is 9.03 Å². The maximum absolute atomic E-state index is 12.1. The third-order valence-electron chi connectivity index (χ3n) is 3.58. The molecule has 0 amide bonds. The summed E-state index contributed by atoms with van der Waals surface area (Å²) in [5.41, 5.74) is 2.14. The molecule has 0 aromatic carbocycles. The van der Waals surface area contributed by atoms with E-state index < -0.39 is 10.2 Å². The molecule has 1 aliphatic rings. The molecule has 108 valence electrons. The van der Waals surface area contributed by atoms with E-state index in [2.05, 4.69) is 4.72 Å². The van der Waals surface area contributed by atoms with Gasteiger partial charge in [0.25, 0.3) is 10.2 Å². The number of hydrogen-bond acceptors (Lipinski definition) is 4. The fraction of sp³-hybridized carbons (Fsp3) is 0.667. The number of nitrogens with one attached hydrogen (secondary N) is 1. The molecule has 0 spiro atoms. The van der Waals surface area contributed by atoms with Crippen molar-refractivity contribution in [2.45, 2.75) is 26.3 Å². The highest BCUT2D eigenvalue weighted by atomic mass is 32.2. The summed E-state index contributed by atoms with van der Waals surface area (Å²) >= 11 is 1.58. The largest absolute Gasteiger partial charge is 0.396 e. The van der Waals surface area contributed by atoms with E-state index in [-0.39, 0.29) is 12.5 Å². The minimum Gasteiger partial charge on any atom is -0.396 e. The van der Waals surface area contributed by atoms with Gasteiger partial charge in [-0.25, -0.2) is 0 Å². The lowest BCUT2D eigenvalue weighted by molar-refractivity contribution is 0.169. The first-order chi connectivity index (χ1) is 9.03. The van der Waals surface area contributed by atoms with Gasteiger partial charge in [-0.15, -0.1) is 0 Å².